The van der Waals surface area contributed by atoms with Crippen LogP contribution in [-0.2, 0) is 4.79 Å². The highest BCUT2D eigenvalue weighted by atomic mass is 35.5. The fourth-order valence-corrected chi connectivity index (χ4v) is 3.19. The van der Waals surface area contributed by atoms with Gasteiger partial charge < -0.3 is 11.2 Å². The van der Waals surface area contributed by atoms with Crippen molar-refractivity contribution in [2.75, 3.05) is 22.3 Å². The number of amides is 1. The maximum Gasteiger partial charge on any atom is 0.264 e. The number of aromatic nitrogens is 3. The molecule has 0 unspecified atom stereocenters. The molecule has 12 heteroatoms. The number of thioether (sulfide) groups is 1. The average molecular weight is 471 g/mol. The van der Waals surface area contributed by atoms with Crippen molar-refractivity contribution in [1.82, 2.24) is 14.9 Å². The molecule has 0 bridgehead atoms. The number of halogens is 3. The third-order valence-corrected chi connectivity index (χ3v) is 5.21. The molecule has 29 heavy (non-hydrogen) atoms. The first-order chi connectivity index (χ1) is 13.9. The molecule has 4 N–H and O–H groups in total. The molecular weight excluding hydrogens is 457 g/mol. The fraction of sp³-hybridized carbons (Fsp3) is 0.0588. The van der Waals surface area contributed by atoms with Crippen LogP contribution in [0.3, 0.4) is 0 Å². The van der Waals surface area contributed by atoms with E-state index in [9.17, 15) is 4.79 Å². The molecule has 150 valence electrons. The van der Waals surface area contributed by atoms with Gasteiger partial charge in [0.05, 0.1) is 22.7 Å². The van der Waals surface area contributed by atoms with Crippen LogP contribution in [0, 0.1) is 0 Å². The Morgan fingerprint density at radius 2 is 1.86 bits per heavy atom. The number of hydrogen-bond donors (Lipinski definition) is 3. The van der Waals surface area contributed by atoms with Crippen LogP contribution in [0.25, 0.3) is 0 Å². The van der Waals surface area contributed by atoms with Crippen LogP contribution in [-0.4, -0.2) is 32.7 Å². The lowest BCUT2D eigenvalue weighted by Gasteiger charge is -2.07. The summed E-state index contributed by atoms with van der Waals surface area (Å²) in [6.07, 6.45) is 1.58. The molecule has 0 fully saturated rings. The van der Waals surface area contributed by atoms with Crippen molar-refractivity contribution < 1.29 is 4.79 Å². The van der Waals surface area contributed by atoms with E-state index in [0.29, 0.717) is 25.9 Å². The largest absolute Gasteiger partial charge is 0.334 e. The van der Waals surface area contributed by atoms with Crippen molar-refractivity contribution in [3.63, 3.8) is 0 Å². The number of nitrogens with one attached hydrogen (secondary N) is 2. The molecular formula is C17H14Cl3N7OS. The minimum atomic E-state index is -0.294. The van der Waals surface area contributed by atoms with Crippen molar-refractivity contribution >= 4 is 70.3 Å². The van der Waals surface area contributed by atoms with Crippen molar-refractivity contribution in [1.29, 1.82) is 0 Å². The summed E-state index contributed by atoms with van der Waals surface area (Å²) < 4.78 is 1.20. The Morgan fingerprint density at radius 3 is 2.62 bits per heavy atom. The molecule has 0 saturated carbocycles. The summed E-state index contributed by atoms with van der Waals surface area (Å²) >= 11 is 18.9. The maximum atomic E-state index is 12.1. The molecule has 1 aromatic heterocycles. The van der Waals surface area contributed by atoms with Crippen LogP contribution >= 0.6 is 46.6 Å². The molecule has 0 aliphatic rings. The van der Waals surface area contributed by atoms with Crippen LogP contribution in [0.1, 0.15) is 5.56 Å². The van der Waals surface area contributed by atoms with E-state index in [4.69, 9.17) is 40.6 Å². The number of benzene rings is 2. The molecule has 3 rings (SSSR count). The second-order valence-electron chi connectivity index (χ2n) is 5.56. The number of carbonyl (C=O) groups is 1. The number of hydrogen-bond acceptors (Lipinski definition) is 7. The minimum absolute atomic E-state index is 0.0478. The van der Waals surface area contributed by atoms with E-state index in [1.165, 1.54) is 4.68 Å². The molecule has 0 aliphatic carbocycles. The Balaban J connectivity index is 1.54. The Kier molecular flexibility index (Phi) is 7.21. The third-order valence-electron chi connectivity index (χ3n) is 3.45. The van der Waals surface area contributed by atoms with Gasteiger partial charge in [-0.2, -0.15) is 5.10 Å². The van der Waals surface area contributed by atoms with Crippen molar-refractivity contribution in [2.24, 2.45) is 5.10 Å². The number of nitrogens with zero attached hydrogens (tertiary/aromatic N) is 4. The van der Waals surface area contributed by atoms with Gasteiger partial charge in [0.25, 0.3) is 5.95 Å². The Labute approximate surface area is 185 Å². The Bertz CT molecular complexity index is 1040. The van der Waals surface area contributed by atoms with E-state index in [0.717, 1.165) is 17.3 Å². The highest BCUT2D eigenvalue weighted by Crippen LogP contribution is 2.26. The number of nitrogen functional groups attached to an aromatic ring is 1. The Hall–Kier alpha value is -2.46. The molecule has 0 radical (unpaired) electrons. The van der Waals surface area contributed by atoms with Crippen LogP contribution in [0.15, 0.2) is 52.7 Å². The lowest BCUT2D eigenvalue weighted by atomic mass is 10.2. The predicted octanol–water partition coefficient (Wildman–Crippen LogP) is 4.13. The van der Waals surface area contributed by atoms with Crippen LogP contribution in [0.5, 0.6) is 0 Å². The van der Waals surface area contributed by atoms with Gasteiger partial charge in [-0.05, 0) is 35.9 Å². The summed E-state index contributed by atoms with van der Waals surface area (Å²) in [7, 11) is 0. The molecule has 8 nitrogen and oxygen atoms in total. The quantitative estimate of drug-likeness (QED) is 0.207. The van der Waals surface area contributed by atoms with Gasteiger partial charge in [-0.1, -0.05) is 58.7 Å². The molecule has 1 amide bonds. The number of carbonyl (C=O) groups excluding carboxylic acids is 1. The Morgan fingerprint density at radius 1 is 1.14 bits per heavy atom. The first-order valence-electron chi connectivity index (χ1n) is 8.05. The van der Waals surface area contributed by atoms with Crippen LogP contribution < -0.4 is 16.6 Å². The van der Waals surface area contributed by atoms with Crippen LogP contribution in [0.4, 0.5) is 11.6 Å². The monoisotopic (exact) mass is 469 g/mol. The van der Waals surface area contributed by atoms with Gasteiger partial charge in [0.2, 0.25) is 11.1 Å². The lowest BCUT2D eigenvalue weighted by molar-refractivity contribution is -0.113. The summed E-state index contributed by atoms with van der Waals surface area (Å²) in [6.45, 7) is 0. The zero-order valence-corrected chi connectivity index (χ0v) is 17.7. The first kappa shape index (κ1) is 21.3. The van der Waals surface area contributed by atoms with Gasteiger partial charge in [-0.25, -0.2) is 10.1 Å². The topological polar surface area (TPSA) is 110 Å². The highest BCUT2D eigenvalue weighted by Gasteiger charge is 2.13. The second kappa shape index (κ2) is 9.84. The van der Waals surface area contributed by atoms with Gasteiger partial charge in [0.1, 0.15) is 0 Å². The molecule has 3 aromatic rings. The van der Waals surface area contributed by atoms with Crippen LogP contribution in [0.2, 0.25) is 15.1 Å². The molecule has 0 saturated heterocycles. The molecule has 2 aromatic carbocycles. The van der Waals surface area contributed by atoms with Crippen molar-refractivity contribution in [3.05, 3.63) is 63.1 Å². The standard InChI is InChI=1S/C17H14Cl3N7OS/c18-11-3-1-10(2-4-11)8-22-24-16-25-26-17(27(16)21)29-9-15(28)23-14-7-12(19)5-6-13(14)20/h1-8H,9,21H2,(H,23,28)(H,24,25)/b22-8+. The minimum Gasteiger partial charge on any atom is -0.334 e. The number of rotatable bonds is 7. The number of nitrogens with two attached hydrogens (primary N) is 1. The third kappa shape index (κ3) is 6.01. The van der Waals surface area contributed by atoms with Crippen molar-refractivity contribution in [2.45, 2.75) is 5.16 Å². The van der Waals surface area contributed by atoms with Gasteiger partial charge in [0, 0.05) is 10.0 Å². The number of hydrazone groups is 1. The van der Waals surface area contributed by atoms with Gasteiger partial charge in [-0.15, -0.1) is 10.2 Å². The van der Waals surface area contributed by atoms with E-state index in [1.54, 1.807) is 36.5 Å². The van der Waals surface area contributed by atoms with Gasteiger partial charge >= 0.3 is 0 Å². The zero-order valence-electron chi connectivity index (χ0n) is 14.6. The van der Waals surface area contributed by atoms with E-state index in [1.807, 2.05) is 12.1 Å². The molecule has 0 spiro atoms. The zero-order chi connectivity index (χ0) is 20.8. The summed E-state index contributed by atoms with van der Waals surface area (Å²) in [5.41, 5.74) is 3.96. The fourth-order valence-electron chi connectivity index (χ4n) is 2.07. The van der Waals surface area contributed by atoms with Gasteiger partial charge in [0.15, 0.2) is 0 Å². The normalized spacial score (nSPS) is 11.0. The van der Waals surface area contributed by atoms with E-state index in [2.05, 4.69) is 26.0 Å². The summed E-state index contributed by atoms with van der Waals surface area (Å²) in [5, 5.41) is 16.4. The van der Waals surface area contributed by atoms with E-state index >= 15 is 0 Å². The summed E-state index contributed by atoms with van der Waals surface area (Å²) in [6, 6.07) is 11.9. The lowest BCUT2D eigenvalue weighted by Crippen LogP contribution is -2.17. The van der Waals surface area contributed by atoms with E-state index in [-0.39, 0.29) is 17.6 Å². The smallest absolute Gasteiger partial charge is 0.264 e. The molecule has 1 heterocycles. The number of anilines is 2. The molecule has 0 aliphatic heterocycles. The summed E-state index contributed by atoms with van der Waals surface area (Å²) in [5.74, 6) is 5.90. The average Bonchev–Trinajstić information content (AvgIpc) is 3.04. The molecule has 0 atom stereocenters. The van der Waals surface area contributed by atoms with E-state index < -0.39 is 0 Å². The summed E-state index contributed by atoms with van der Waals surface area (Å²) in [4.78, 5) is 12.1. The predicted molar refractivity (Wildman–Crippen MR) is 119 cm³/mol. The second-order valence-corrected chi connectivity index (χ2v) is 7.78. The van der Waals surface area contributed by atoms with Gasteiger partial charge in [-0.3, -0.25) is 4.79 Å². The first-order valence-corrected chi connectivity index (χ1v) is 10.2. The maximum absolute atomic E-state index is 12.1. The SMILES string of the molecule is Nn1c(N/N=C/c2ccc(Cl)cc2)nnc1SCC(=O)Nc1cc(Cl)ccc1Cl. The highest BCUT2D eigenvalue weighted by molar-refractivity contribution is 7.99. The van der Waals surface area contributed by atoms with Crippen molar-refractivity contribution in [3.8, 4) is 0 Å².